The molecular weight excluding hydrogens is 387 g/mol. The maximum absolute atomic E-state index is 12.8. The van der Waals surface area contributed by atoms with Crippen molar-refractivity contribution in [1.29, 1.82) is 0 Å². The molecule has 3 rings (SSSR count). The van der Waals surface area contributed by atoms with Gasteiger partial charge < -0.3 is 10.1 Å². The molecule has 0 aliphatic rings. The van der Waals surface area contributed by atoms with E-state index in [-0.39, 0.29) is 5.56 Å². The van der Waals surface area contributed by atoms with E-state index in [4.69, 9.17) is 27.9 Å². The van der Waals surface area contributed by atoms with E-state index < -0.39 is 18.0 Å². The highest BCUT2D eigenvalue weighted by Gasteiger charge is 2.26. The van der Waals surface area contributed by atoms with Gasteiger partial charge in [-0.2, -0.15) is 0 Å². The Bertz CT molecular complexity index is 930. The van der Waals surface area contributed by atoms with Crippen LogP contribution in [0.3, 0.4) is 0 Å². The summed E-state index contributed by atoms with van der Waals surface area (Å²) in [6.45, 7) is 0. The third-order valence-corrected chi connectivity index (χ3v) is 4.03. The van der Waals surface area contributed by atoms with Crippen molar-refractivity contribution in [3.05, 3.63) is 94.2 Å². The van der Waals surface area contributed by atoms with E-state index in [0.717, 1.165) is 0 Å². The molecule has 7 heteroatoms. The molecule has 1 atom stereocenters. The first-order chi connectivity index (χ1) is 13.0. The smallest absolute Gasteiger partial charge is 0.340 e. The highest BCUT2D eigenvalue weighted by molar-refractivity contribution is 6.35. The molecule has 3 aromatic rings. The molecule has 0 unspecified atom stereocenters. The Morgan fingerprint density at radius 3 is 2.30 bits per heavy atom. The van der Waals surface area contributed by atoms with Crippen molar-refractivity contribution in [2.45, 2.75) is 6.10 Å². The Morgan fingerprint density at radius 1 is 0.963 bits per heavy atom. The van der Waals surface area contributed by atoms with E-state index in [1.54, 1.807) is 66.9 Å². The number of hydrogen-bond donors (Lipinski definition) is 1. The molecular formula is C20H14Cl2N2O3. The lowest BCUT2D eigenvalue weighted by Crippen LogP contribution is -2.26. The van der Waals surface area contributed by atoms with Gasteiger partial charge in [-0.25, -0.2) is 4.79 Å². The number of aromatic nitrogens is 1. The number of nitrogens with zero attached hydrogens (tertiary/aromatic N) is 1. The van der Waals surface area contributed by atoms with Gasteiger partial charge in [-0.3, -0.25) is 9.78 Å². The minimum atomic E-state index is -1.16. The molecule has 2 aromatic carbocycles. The Labute approximate surface area is 165 Å². The highest BCUT2D eigenvalue weighted by atomic mass is 35.5. The van der Waals surface area contributed by atoms with E-state index in [1.165, 1.54) is 6.20 Å². The second kappa shape index (κ2) is 8.66. The minimum absolute atomic E-state index is 0.247. The van der Waals surface area contributed by atoms with Crippen LogP contribution in [0, 0.1) is 0 Å². The van der Waals surface area contributed by atoms with E-state index in [0.29, 0.717) is 21.3 Å². The summed E-state index contributed by atoms with van der Waals surface area (Å²) in [5.74, 6) is -1.19. The third kappa shape index (κ3) is 5.06. The first-order valence-electron chi connectivity index (χ1n) is 7.96. The van der Waals surface area contributed by atoms with E-state index in [1.807, 2.05) is 0 Å². The van der Waals surface area contributed by atoms with Gasteiger partial charge in [-0.05, 0) is 30.3 Å². The Kier molecular flexibility index (Phi) is 6.06. The molecule has 0 saturated carbocycles. The SMILES string of the molecule is O=C(O[C@H](C(=O)Nc1cc(Cl)cc(Cl)c1)c1ccccc1)c1cccnc1. The zero-order chi connectivity index (χ0) is 19.2. The molecule has 5 nitrogen and oxygen atoms in total. The first kappa shape index (κ1) is 18.9. The largest absolute Gasteiger partial charge is 0.444 e. The van der Waals surface area contributed by atoms with Crippen LogP contribution in [0.5, 0.6) is 0 Å². The van der Waals surface area contributed by atoms with Crippen LogP contribution in [0.25, 0.3) is 0 Å². The van der Waals surface area contributed by atoms with Crippen LogP contribution in [0.15, 0.2) is 73.1 Å². The van der Waals surface area contributed by atoms with Crippen LogP contribution >= 0.6 is 23.2 Å². The molecule has 27 heavy (non-hydrogen) atoms. The predicted octanol–water partition coefficient (Wildman–Crippen LogP) is 4.93. The molecule has 0 fully saturated rings. The van der Waals surface area contributed by atoms with Gasteiger partial charge in [-0.15, -0.1) is 0 Å². The maximum Gasteiger partial charge on any atom is 0.340 e. The number of amides is 1. The molecule has 136 valence electrons. The lowest BCUT2D eigenvalue weighted by molar-refractivity contribution is -0.125. The normalized spacial score (nSPS) is 11.5. The van der Waals surface area contributed by atoms with Crippen LogP contribution in [0.2, 0.25) is 10.0 Å². The zero-order valence-electron chi connectivity index (χ0n) is 13.9. The average molecular weight is 401 g/mol. The van der Waals surface area contributed by atoms with E-state index in [2.05, 4.69) is 10.3 Å². The van der Waals surface area contributed by atoms with Crippen LogP contribution in [-0.4, -0.2) is 16.9 Å². The Morgan fingerprint density at radius 2 is 1.67 bits per heavy atom. The van der Waals surface area contributed by atoms with E-state index in [9.17, 15) is 9.59 Å². The summed E-state index contributed by atoms with van der Waals surface area (Å²) in [5, 5.41) is 3.43. The van der Waals surface area contributed by atoms with Crippen LogP contribution in [0.1, 0.15) is 22.0 Å². The zero-order valence-corrected chi connectivity index (χ0v) is 15.4. The van der Waals surface area contributed by atoms with Crippen molar-refractivity contribution in [3.8, 4) is 0 Å². The van der Waals surface area contributed by atoms with Crippen molar-refractivity contribution >= 4 is 40.8 Å². The van der Waals surface area contributed by atoms with Gasteiger partial charge in [0.1, 0.15) is 0 Å². The number of halogens is 2. The van der Waals surface area contributed by atoms with Crippen molar-refractivity contribution in [2.24, 2.45) is 0 Å². The van der Waals surface area contributed by atoms with Crippen molar-refractivity contribution in [1.82, 2.24) is 4.98 Å². The van der Waals surface area contributed by atoms with E-state index >= 15 is 0 Å². The standard InChI is InChI=1S/C20H14Cl2N2O3/c21-15-9-16(22)11-17(10-15)24-19(25)18(13-5-2-1-3-6-13)27-20(26)14-7-4-8-23-12-14/h1-12,18H,(H,24,25)/t18-/m0/s1. The molecule has 1 amide bonds. The fourth-order valence-corrected chi connectivity index (χ4v) is 2.92. The van der Waals surface area contributed by atoms with Crippen LogP contribution in [-0.2, 0) is 9.53 Å². The minimum Gasteiger partial charge on any atom is -0.444 e. The summed E-state index contributed by atoms with van der Waals surface area (Å²) in [6.07, 6.45) is 1.76. The number of anilines is 1. The number of nitrogens with one attached hydrogen (secondary N) is 1. The maximum atomic E-state index is 12.8. The molecule has 0 aliphatic heterocycles. The van der Waals surface area contributed by atoms with Gasteiger partial charge in [-0.1, -0.05) is 53.5 Å². The lowest BCUT2D eigenvalue weighted by Gasteiger charge is -2.18. The number of pyridine rings is 1. The topological polar surface area (TPSA) is 68.3 Å². The molecule has 0 radical (unpaired) electrons. The number of ether oxygens (including phenoxy) is 1. The second-order valence-corrected chi connectivity index (χ2v) is 6.46. The summed E-state index contributed by atoms with van der Waals surface area (Å²) in [4.78, 5) is 29.1. The van der Waals surface area contributed by atoms with Gasteiger partial charge >= 0.3 is 5.97 Å². The molecule has 0 spiro atoms. The monoisotopic (exact) mass is 400 g/mol. The quantitative estimate of drug-likeness (QED) is 0.616. The number of benzene rings is 2. The summed E-state index contributed by atoms with van der Waals surface area (Å²) in [7, 11) is 0. The molecule has 1 heterocycles. The third-order valence-electron chi connectivity index (χ3n) is 3.59. The summed E-state index contributed by atoms with van der Waals surface area (Å²) < 4.78 is 5.46. The van der Waals surface area contributed by atoms with Gasteiger partial charge in [0.15, 0.2) is 0 Å². The number of carbonyl (C=O) groups excluding carboxylic acids is 2. The lowest BCUT2D eigenvalue weighted by atomic mass is 10.1. The number of hydrogen-bond acceptors (Lipinski definition) is 4. The molecule has 0 aliphatic carbocycles. The Hall–Kier alpha value is -2.89. The van der Waals surface area contributed by atoms with Crippen molar-refractivity contribution < 1.29 is 14.3 Å². The van der Waals surface area contributed by atoms with Gasteiger partial charge in [0, 0.05) is 33.7 Å². The number of esters is 1. The van der Waals surface area contributed by atoms with Crippen molar-refractivity contribution in [3.63, 3.8) is 0 Å². The fraction of sp³-hybridized carbons (Fsp3) is 0.0500. The highest BCUT2D eigenvalue weighted by Crippen LogP contribution is 2.25. The number of rotatable bonds is 5. The molecule has 1 aromatic heterocycles. The van der Waals surface area contributed by atoms with Crippen LogP contribution in [0.4, 0.5) is 5.69 Å². The predicted molar refractivity (Wildman–Crippen MR) is 104 cm³/mol. The van der Waals surface area contributed by atoms with Gasteiger partial charge in [0.25, 0.3) is 5.91 Å². The molecule has 0 bridgehead atoms. The van der Waals surface area contributed by atoms with Crippen LogP contribution < -0.4 is 5.32 Å². The molecule has 0 saturated heterocycles. The average Bonchev–Trinajstić information content (AvgIpc) is 2.66. The summed E-state index contributed by atoms with van der Waals surface area (Å²) in [5.41, 5.74) is 1.17. The number of carbonyl (C=O) groups is 2. The van der Waals surface area contributed by atoms with Gasteiger partial charge in [0.05, 0.1) is 5.56 Å². The summed E-state index contributed by atoms with van der Waals surface area (Å²) >= 11 is 11.9. The summed E-state index contributed by atoms with van der Waals surface area (Å²) in [6, 6.07) is 16.5. The van der Waals surface area contributed by atoms with Gasteiger partial charge in [0.2, 0.25) is 6.10 Å². The van der Waals surface area contributed by atoms with Crippen molar-refractivity contribution in [2.75, 3.05) is 5.32 Å². The first-order valence-corrected chi connectivity index (χ1v) is 8.71. The Balaban J connectivity index is 1.85. The molecule has 1 N–H and O–H groups in total. The second-order valence-electron chi connectivity index (χ2n) is 5.59. The fourth-order valence-electron chi connectivity index (χ4n) is 2.39.